The Labute approximate surface area is 117 Å². The van der Waals surface area contributed by atoms with Gasteiger partial charge in [0.15, 0.2) is 0 Å². The topological polar surface area (TPSA) is 17.3 Å². The maximum Gasteiger partial charge on any atom is 0.1000 e. The number of rotatable bonds is 1. The van der Waals surface area contributed by atoms with E-state index in [1.54, 1.807) is 0 Å². The number of imidazole rings is 1. The van der Waals surface area contributed by atoms with Crippen LogP contribution in [-0.2, 0) is 0 Å². The van der Waals surface area contributed by atoms with E-state index in [2.05, 4.69) is 71.0 Å². The number of aromatic nitrogens is 2. The summed E-state index contributed by atoms with van der Waals surface area (Å²) < 4.78 is 2.12. The number of hydrogen-bond acceptors (Lipinski definition) is 1. The third-order valence-electron chi connectivity index (χ3n) is 3.78. The Morgan fingerprint density at radius 3 is 2.35 bits per heavy atom. The summed E-state index contributed by atoms with van der Waals surface area (Å²) in [6.07, 6.45) is 4.05. The van der Waals surface area contributed by atoms with Crippen molar-refractivity contribution in [1.29, 1.82) is 0 Å². The minimum Gasteiger partial charge on any atom is -0.305 e. The molecule has 0 saturated carbocycles. The number of pyridine rings is 1. The maximum atomic E-state index is 4.62. The quantitative estimate of drug-likeness (QED) is 0.492. The van der Waals surface area contributed by atoms with E-state index >= 15 is 0 Å². The van der Waals surface area contributed by atoms with Gasteiger partial charge in [-0.2, -0.15) is 0 Å². The first-order valence-electron chi connectivity index (χ1n) is 6.75. The molecule has 0 fully saturated rings. The van der Waals surface area contributed by atoms with E-state index in [-0.39, 0.29) is 0 Å². The van der Waals surface area contributed by atoms with Crippen molar-refractivity contribution in [2.45, 2.75) is 6.92 Å². The van der Waals surface area contributed by atoms with Gasteiger partial charge in [-0.15, -0.1) is 0 Å². The standard InChI is InChI=1S/C18H14N2/c1-13-11-20-12-19-17(14-7-3-2-4-8-14)18(20)16-10-6-5-9-15(13)16/h2-12H,1H3. The first-order valence-corrected chi connectivity index (χ1v) is 6.75. The second kappa shape index (κ2) is 4.20. The van der Waals surface area contributed by atoms with E-state index in [1.807, 2.05) is 12.4 Å². The lowest BCUT2D eigenvalue weighted by atomic mass is 10.0. The monoisotopic (exact) mass is 258 g/mol. The number of fused-ring (bicyclic) bond motifs is 3. The van der Waals surface area contributed by atoms with E-state index in [0.29, 0.717) is 0 Å². The zero-order valence-electron chi connectivity index (χ0n) is 11.2. The Balaban J connectivity index is 2.17. The minimum absolute atomic E-state index is 1.04. The van der Waals surface area contributed by atoms with Gasteiger partial charge < -0.3 is 4.40 Å². The molecule has 0 aliphatic carbocycles. The van der Waals surface area contributed by atoms with E-state index in [4.69, 9.17) is 0 Å². The van der Waals surface area contributed by atoms with Crippen LogP contribution in [0.3, 0.4) is 0 Å². The number of hydrogen-bond donors (Lipinski definition) is 0. The van der Waals surface area contributed by atoms with E-state index < -0.39 is 0 Å². The average Bonchev–Trinajstić information content (AvgIpc) is 2.92. The van der Waals surface area contributed by atoms with Crippen LogP contribution in [0, 0.1) is 6.92 Å². The van der Waals surface area contributed by atoms with Crippen molar-refractivity contribution in [3.63, 3.8) is 0 Å². The van der Waals surface area contributed by atoms with Crippen LogP contribution in [-0.4, -0.2) is 9.38 Å². The molecule has 0 spiro atoms. The normalized spacial score (nSPS) is 11.2. The van der Waals surface area contributed by atoms with E-state index in [9.17, 15) is 0 Å². The number of benzene rings is 2. The van der Waals surface area contributed by atoms with Crippen molar-refractivity contribution in [2.24, 2.45) is 0 Å². The van der Waals surface area contributed by atoms with E-state index in [0.717, 1.165) is 11.3 Å². The van der Waals surface area contributed by atoms with Gasteiger partial charge in [0.05, 0.1) is 17.5 Å². The lowest BCUT2D eigenvalue weighted by Crippen LogP contribution is -1.89. The molecule has 96 valence electrons. The Kier molecular flexibility index (Phi) is 2.36. The Morgan fingerprint density at radius 1 is 0.850 bits per heavy atom. The fourth-order valence-electron chi connectivity index (χ4n) is 2.84. The molecule has 4 rings (SSSR count). The van der Waals surface area contributed by atoms with Crippen LogP contribution >= 0.6 is 0 Å². The molecule has 4 aromatic rings. The van der Waals surface area contributed by atoms with Gasteiger partial charge in [0.1, 0.15) is 0 Å². The van der Waals surface area contributed by atoms with Gasteiger partial charge >= 0.3 is 0 Å². The van der Waals surface area contributed by atoms with E-state index in [1.165, 1.54) is 21.9 Å². The van der Waals surface area contributed by atoms with Gasteiger partial charge in [0, 0.05) is 17.1 Å². The van der Waals surface area contributed by atoms with Crippen molar-refractivity contribution < 1.29 is 0 Å². The van der Waals surface area contributed by atoms with Crippen LogP contribution in [0.4, 0.5) is 0 Å². The van der Waals surface area contributed by atoms with Gasteiger partial charge in [-0.05, 0) is 17.9 Å². The van der Waals surface area contributed by atoms with Crippen LogP contribution in [0.25, 0.3) is 27.5 Å². The Morgan fingerprint density at radius 2 is 1.55 bits per heavy atom. The largest absolute Gasteiger partial charge is 0.305 e. The van der Waals surface area contributed by atoms with Crippen LogP contribution in [0.2, 0.25) is 0 Å². The molecule has 2 aromatic heterocycles. The molecule has 0 aliphatic heterocycles. The van der Waals surface area contributed by atoms with Crippen LogP contribution in [0.5, 0.6) is 0 Å². The summed E-state index contributed by atoms with van der Waals surface area (Å²) in [7, 11) is 0. The first kappa shape index (κ1) is 11.2. The van der Waals surface area contributed by atoms with Crippen LogP contribution in [0.15, 0.2) is 67.1 Å². The third kappa shape index (κ3) is 1.55. The molecule has 0 atom stereocenters. The summed E-state index contributed by atoms with van der Waals surface area (Å²) >= 11 is 0. The molecule has 0 bridgehead atoms. The summed E-state index contributed by atoms with van der Waals surface area (Å²) in [6, 6.07) is 18.9. The van der Waals surface area contributed by atoms with Crippen molar-refractivity contribution in [3.8, 4) is 11.3 Å². The van der Waals surface area contributed by atoms with Gasteiger partial charge in [-0.25, -0.2) is 4.98 Å². The molecule has 2 nitrogen and oxygen atoms in total. The molecule has 2 heterocycles. The zero-order chi connectivity index (χ0) is 13.5. The van der Waals surface area contributed by atoms with Crippen LogP contribution in [0.1, 0.15) is 5.56 Å². The second-order valence-electron chi connectivity index (χ2n) is 5.07. The Bertz CT molecular complexity index is 905. The molecule has 0 unspecified atom stereocenters. The SMILES string of the molecule is Cc1cn2cnc(-c3ccccc3)c2c2ccccc12. The predicted octanol–water partition coefficient (Wildman–Crippen LogP) is 4.46. The summed E-state index contributed by atoms with van der Waals surface area (Å²) in [5.41, 5.74) is 4.65. The smallest absolute Gasteiger partial charge is 0.1000 e. The molecule has 0 N–H and O–H groups in total. The van der Waals surface area contributed by atoms with Crippen molar-refractivity contribution >= 4 is 16.3 Å². The van der Waals surface area contributed by atoms with Crippen LogP contribution < -0.4 is 0 Å². The highest BCUT2D eigenvalue weighted by atomic mass is 15.0. The molecule has 2 heteroatoms. The summed E-state index contributed by atoms with van der Waals surface area (Å²) in [4.78, 5) is 4.62. The first-order chi connectivity index (χ1) is 9.84. The van der Waals surface area contributed by atoms with Gasteiger partial charge in [-0.1, -0.05) is 54.6 Å². The molecule has 0 aliphatic rings. The fraction of sp³-hybridized carbons (Fsp3) is 0.0556. The van der Waals surface area contributed by atoms with Gasteiger partial charge in [-0.3, -0.25) is 0 Å². The lowest BCUT2D eigenvalue weighted by Gasteiger charge is -2.07. The molecule has 0 saturated heterocycles. The molecular weight excluding hydrogens is 244 g/mol. The van der Waals surface area contributed by atoms with Gasteiger partial charge in [0.2, 0.25) is 0 Å². The molecule has 2 aromatic carbocycles. The highest BCUT2D eigenvalue weighted by Crippen LogP contribution is 2.30. The molecule has 0 radical (unpaired) electrons. The highest BCUT2D eigenvalue weighted by molar-refractivity contribution is 6.03. The number of nitrogens with zero attached hydrogens (tertiary/aromatic N) is 2. The molecular formula is C18H14N2. The lowest BCUT2D eigenvalue weighted by molar-refractivity contribution is 1.14. The zero-order valence-corrected chi connectivity index (χ0v) is 11.2. The minimum atomic E-state index is 1.04. The fourth-order valence-corrected chi connectivity index (χ4v) is 2.84. The third-order valence-corrected chi connectivity index (χ3v) is 3.78. The summed E-state index contributed by atoms with van der Waals surface area (Å²) in [5, 5.41) is 2.54. The van der Waals surface area contributed by atoms with Gasteiger partial charge in [0.25, 0.3) is 0 Å². The van der Waals surface area contributed by atoms with Crippen molar-refractivity contribution in [3.05, 3.63) is 72.7 Å². The molecule has 0 amide bonds. The summed E-state index contributed by atoms with van der Waals surface area (Å²) in [6.45, 7) is 2.14. The number of aryl methyl sites for hydroxylation is 1. The maximum absolute atomic E-state index is 4.62. The summed E-state index contributed by atoms with van der Waals surface area (Å²) in [5.74, 6) is 0. The predicted molar refractivity (Wildman–Crippen MR) is 82.9 cm³/mol. The van der Waals surface area contributed by atoms with Crippen molar-refractivity contribution in [2.75, 3.05) is 0 Å². The second-order valence-corrected chi connectivity index (χ2v) is 5.07. The Hall–Kier alpha value is -2.61. The molecule has 20 heavy (non-hydrogen) atoms. The average molecular weight is 258 g/mol. The highest BCUT2D eigenvalue weighted by Gasteiger charge is 2.11. The van der Waals surface area contributed by atoms with Crippen molar-refractivity contribution in [1.82, 2.24) is 9.38 Å².